The Labute approximate surface area is 155 Å². The molecule has 25 heavy (non-hydrogen) atoms. The lowest BCUT2D eigenvalue weighted by Gasteiger charge is -2.45. The second kappa shape index (κ2) is 8.47. The average Bonchev–Trinajstić information content (AvgIpc) is 2.67. The lowest BCUT2D eigenvalue weighted by atomic mass is 9.86. The second-order valence-corrected chi connectivity index (χ2v) is 8.28. The Kier molecular flexibility index (Phi) is 6.30. The molecule has 2 fully saturated rings. The fourth-order valence-corrected chi connectivity index (χ4v) is 5.27. The van der Waals surface area contributed by atoms with Crippen LogP contribution in [0.2, 0.25) is 0 Å². The highest BCUT2D eigenvalue weighted by molar-refractivity contribution is 5.72. The van der Waals surface area contributed by atoms with Crippen LogP contribution in [0.15, 0.2) is 6.07 Å². The molecule has 2 aliphatic carbocycles. The van der Waals surface area contributed by atoms with Gasteiger partial charge < -0.3 is 10.6 Å². The van der Waals surface area contributed by atoms with E-state index in [0.29, 0.717) is 0 Å². The molecule has 0 aromatic heterocycles. The predicted octanol–water partition coefficient (Wildman–Crippen LogP) is 6.17. The zero-order chi connectivity index (χ0) is 17.8. The van der Waals surface area contributed by atoms with E-state index in [1.54, 1.807) is 0 Å². The number of nitrogen functional groups attached to an aromatic ring is 1. The summed E-state index contributed by atoms with van der Waals surface area (Å²) >= 11 is 0. The Morgan fingerprint density at radius 2 is 1.32 bits per heavy atom. The zero-order valence-electron chi connectivity index (χ0n) is 16.7. The van der Waals surface area contributed by atoms with Gasteiger partial charge in [-0.1, -0.05) is 58.4 Å². The highest BCUT2D eigenvalue weighted by Gasteiger charge is 2.31. The van der Waals surface area contributed by atoms with Gasteiger partial charge in [0.05, 0.1) is 0 Å². The van der Waals surface area contributed by atoms with Crippen LogP contribution in [0, 0.1) is 6.92 Å². The number of nitrogens with two attached hydrogens (primary N) is 1. The third-order valence-corrected chi connectivity index (χ3v) is 6.71. The SMILES string of the molecule is CCc1cc(CC)c(N(C2CCCCC2)C2CCCCC2)c(C)c1N. The largest absolute Gasteiger partial charge is 0.398 e. The highest BCUT2D eigenvalue weighted by atomic mass is 15.2. The van der Waals surface area contributed by atoms with Gasteiger partial charge in [-0.25, -0.2) is 0 Å². The van der Waals surface area contributed by atoms with Crippen LogP contribution < -0.4 is 10.6 Å². The van der Waals surface area contributed by atoms with E-state index in [9.17, 15) is 0 Å². The molecule has 0 aliphatic heterocycles. The third kappa shape index (κ3) is 3.83. The van der Waals surface area contributed by atoms with Crippen molar-refractivity contribution in [1.82, 2.24) is 0 Å². The first-order valence-corrected chi connectivity index (χ1v) is 10.9. The summed E-state index contributed by atoms with van der Waals surface area (Å²) < 4.78 is 0. The topological polar surface area (TPSA) is 29.3 Å². The summed E-state index contributed by atoms with van der Waals surface area (Å²) in [4.78, 5) is 2.88. The van der Waals surface area contributed by atoms with Gasteiger partial charge in [0.1, 0.15) is 0 Å². The van der Waals surface area contributed by atoms with E-state index in [2.05, 4.69) is 31.7 Å². The van der Waals surface area contributed by atoms with Gasteiger partial charge in [-0.05, 0) is 62.1 Å². The second-order valence-electron chi connectivity index (χ2n) is 8.28. The van der Waals surface area contributed by atoms with Gasteiger partial charge >= 0.3 is 0 Å². The van der Waals surface area contributed by atoms with E-state index in [0.717, 1.165) is 30.6 Å². The van der Waals surface area contributed by atoms with Gasteiger partial charge in [0, 0.05) is 23.5 Å². The summed E-state index contributed by atoms with van der Waals surface area (Å²) in [6.07, 6.45) is 16.1. The van der Waals surface area contributed by atoms with E-state index >= 15 is 0 Å². The lowest BCUT2D eigenvalue weighted by molar-refractivity contribution is 0.339. The van der Waals surface area contributed by atoms with E-state index in [1.165, 1.54) is 86.6 Å². The molecule has 0 heterocycles. The molecule has 2 saturated carbocycles. The molecule has 140 valence electrons. The Morgan fingerprint density at radius 3 is 1.76 bits per heavy atom. The maximum absolute atomic E-state index is 6.59. The van der Waals surface area contributed by atoms with Gasteiger partial charge in [-0.15, -0.1) is 0 Å². The monoisotopic (exact) mass is 342 g/mol. The van der Waals surface area contributed by atoms with Crippen LogP contribution in [0.4, 0.5) is 11.4 Å². The van der Waals surface area contributed by atoms with Gasteiger partial charge in [0.2, 0.25) is 0 Å². The fourth-order valence-electron chi connectivity index (χ4n) is 5.27. The summed E-state index contributed by atoms with van der Waals surface area (Å²) in [6.45, 7) is 6.82. The van der Waals surface area contributed by atoms with E-state index in [1.807, 2.05) is 0 Å². The van der Waals surface area contributed by atoms with Crippen LogP contribution in [0.25, 0.3) is 0 Å². The molecule has 0 bridgehead atoms. The van der Waals surface area contributed by atoms with E-state index < -0.39 is 0 Å². The minimum atomic E-state index is 0.729. The Bertz CT molecular complexity index is 548. The molecule has 0 saturated heterocycles. The van der Waals surface area contributed by atoms with Crippen LogP contribution >= 0.6 is 0 Å². The molecule has 1 aromatic carbocycles. The molecule has 0 spiro atoms. The molecular formula is C23H38N2. The molecule has 0 radical (unpaired) electrons. The maximum Gasteiger partial charge on any atom is 0.0454 e. The van der Waals surface area contributed by atoms with Crippen molar-refractivity contribution in [3.05, 3.63) is 22.8 Å². The summed E-state index contributed by atoms with van der Waals surface area (Å²) in [6, 6.07) is 3.87. The molecule has 2 nitrogen and oxygen atoms in total. The van der Waals surface area contributed by atoms with Gasteiger partial charge in [-0.2, -0.15) is 0 Å². The molecule has 0 atom stereocenters. The smallest absolute Gasteiger partial charge is 0.0454 e. The first kappa shape index (κ1) is 18.6. The number of aryl methyl sites for hydroxylation is 2. The Morgan fingerprint density at radius 1 is 0.840 bits per heavy atom. The van der Waals surface area contributed by atoms with Crippen molar-refractivity contribution in [2.45, 2.75) is 110 Å². The molecular weight excluding hydrogens is 304 g/mol. The molecule has 2 N–H and O–H groups in total. The summed E-state index contributed by atoms with van der Waals surface area (Å²) in [5, 5.41) is 0. The number of benzene rings is 1. The number of rotatable bonds is 5. The van der Waals surface area contributed by atoms with Crippen molar-refractivity contribution >= 4 is 11.4 Å². The molecule has 2 heteroatoms. The van der Waals surface area contributed by atoms with Gasteiger partial charge in [-0.3, -0.25) is 0 Å². The number of anilines is 2. The van der Waals surface area contributed by atoms with Crippen LogP contribution in [0.3, 0.4) is 0 Å². The molecule has 1 aromatic rings. The fraction of sp³-hybridized carbons (Fsp3) is 0.739. The van der Waals surface area contributed by atoms with Crippen LogP contribution in [0.1, 0.15) is 94.7 Å². The lowest BCUT2D eigenvalue weighted by Crippen LogP contribution is -2.46. The third-order valence-electron chi connectivity index (χ3n) is 6.71. The van der Waals surface area contributed by atoms with Crippen LogP contribution in [0.5, 0.6) is 0 Å². The van der Waals surface area contributed by atoms with Crippen molar-refractivity contribution in [1.29, 1.82) is 0 Å². The quantitative estimate of drug-likeness (QED) is 0.648. The number of nitrogens with zero attached hydrogens (tertiary/aromatic N) is 1. The Hall–Kier alpha value is -1.18. The first-order chi connectivity index (χ1) is 12.2. The Balaban J connectivity index is 2.06. The predicted molar refractivity (Wildman–Crippen MR) is 111 cm³/mol. The zero-order valence-corrected chi connectivity index (χ0v) is 16.7. The summed E-state index contributed by atoms with van der Waals surface area (Å²) in [5.41, 5.74) is 13.4. The van der Waals surface area contributed by atoms with E-state index in [4.69, 9.17) is 5.73 Å². The normalized spacial score (nSPS) is 20.0. The van der Waals surface area contributed by atoms with Crippen LogP contribution in [-0.4, -0.2) is 12.1 Å². The number of hydrogen-bond acceptors (Lipinski definition) is 2. The van der Waals surface area contributed by atoms with Crippen molar-refractivity contribution in [2.75, 3.05) is 10.6 Å². The highest BCUT2D eigenvalue weighted by Crippen LogP contribution is 2.40. The van der Waals surface area contributed by atoms with Gasteiger partial charge in [0.15, 0.2) is 0 Å². The van der Waals surface area contributed by atoms with Crippen molar-refractivity contribution in [2.24, 2.45) is 0 Å². The van der Waals surface area contributed by atoms with E-state index in [-0.39, 0.29) is 0 Å². The standard InChI is InChI=1S/C23H38N2/c1-4-18-16-19(5-2)23(17(3)22(18)24)25(20-12-8-6-9-13-20)21-14-10-7-11-15-21/h16,20-21H,4-15,24H2,1-3H3. The number of hydrogen-bond donors (Lipinski definition) is 1. The van der Waals surface area contributed by atoms with Gasteiger partial charge in [0.25, 0.3) is 0 Å². The van der Waals surface area contributed by atoms with Crippen molar-refractivity contribution in [3.63, 3.8) is 0 Å². The minimum absolute atomic E-state index is 0.729. The minimum Gasteiger partial charge on any atom is -0.398 e. The molecule has 3 rings (SSSR count). The molecule has 0 amide bonds. The molecule has 2 aliphatic rings. The summed E-state index contributed by atoms with van der Waals surface area (Å²) in [5.74, 6) is 0. The van der Waals surface area contributed by atoms with Crippen molar-refractivity contribution in [3.8, 4) is 0 Å². The maximum atomic E-state index is 6.59. The first-order valence-electron chi connectivity index (χ1n) is 10.9. The van der Waals surface area contributed by atoms with Crippen molar-refractivity contribution < 1.29 is 0 Å². The average molecular weight is 343 g/mol. The molecule has 0 unspecified atom stereocenters. The summed E-state index contributed by atoms with van der Waals surface area (Å²) in [7, 11) is 0. The van der Waals surface area contributed by atoms with Crippen LogP contribution in [-0.2, 0) is 12.8 Å².